The molecular weight excluding hydrogens is 346 g/mol. The Hall–Kier alpha value is -2.50. The van der Waals surface area contributed by atoms with Crippen LogP contribution in [0.4, 0.5) is 5.82 Å². The average molecular weight is 364 g/mol. The number of hydrogen-bond donors (Lipinski definition) is 1. The number of para-hydroxylation sites is 1. The molecular formula is C20H17N3S2. The number of thiophene rings is 1. The number of benzene rings is 2. The van der Waals surface area contributed by atoms with Gasteiger partial charge < -0.3 is 5.73 Å². The van der Waals surface area contributed by atoms with E-state index in [1.807, 2.05) is 41.0 Å². The van der Waals surface area contributed by atoms with Crippen molar-refractivity contribution >= 4 is 39.6 Å². The van der Waals surface area contributed by atoms with E-state index in [4.69, 9.17) is 18.0 Å². The Morgan fingerprint density at radius 1 is 1.04 bits per heavy atom. The van der Waals surface area contributed by atoms with Gasteiger partial charge in [0.25, 0.3) is 0 Å². The molecule has 25 heavy (non-hydrogen) atoms. The maximum atomic E-state index is 6.52. The van der Waals surface area contributed by atoms with Crippen molar-refractivity contribution in [3.8, 4) is 5.69 Å². The number of anilines is 1. The fourth-order valence-corrected chi connectivity index (χ4v) is 4.62. The summed E-state index contributed by atoms with van der Waals surface area (Å²) in [4.78, 5) is 6.85. The molecule has 0 bridgehead atoms. The van der Waals surface area contributed by atoms with Gasteiger partial charge in [-0.1, -0.05) is 48.5 Å². The van der Waals surface area contributed by atoms with E-state index in [0.717, 1.165) is 22.3 Å². The third-order valence-corrected chi connectivity index (χ3v) is 5.79. The van der Waals surface area contributed by atoms with E-state index in [2.05, 4.69) is 36.2 Å². The van der Waals surface area contributed by atoms with Crippen LogP contribution >= 0.6 is 23.6 Å². The van der Waals surface area contributed by atoms with E-state index in [0.29, 0.717) is 10.6 Å². The molecule has 2 aromatic carbocycles. The minimum absolute atomic E-state index is 0.490. The molecule has 4 aromatic rings. The van der Waals surface area contributed by atoms with Gasteiger partial charge in [0, 0.05) is 17.0 Å². The van der Waals surface area contributed by atoms with Gasteiger partial charge in [0.05, 0.1) is 5.39 Å². The molecule has 0 aliphatic carbocycles. The molecule has 2 N–H and O–H groups in total. The molecule has 0 aliphatic heterocycles. The Kier molecular flexibility index (Phi) is 4.11. The highest BCUT2D eigenvalue weighted by Crippen LogP contribution is 2.35. The highest BCUT2D eigenvalue weighted by molar-refractivity contribution is 7.71. The fraction of sp³-hybridized carbons (Fsp3) is 0.100. The van der Waals surface area contributed by atoms with Gasteiger partial charge in [-0.25, -0.2) is 4.98 Å². The molecule has 0 amide bonds. The standard InChI is InChI=1S/C20H17N3S2/c1-13-16(12-14-8-4-2-5-9-14)25-19-17(13)18(21)23(20(24)22-19)15-10-6-3-7-11-15/h2-11H,12,21H2,1H3. The van der Waals surface area contributed by atoms with E-state index in [1.165, 1.54) is 16.0 Å². The van der Waals surface area contributed by atoms with Crippen LogP contribution in [0, 0.1) is 11.7 Å². The number of nitrogens with zero attached hydrogens (tertiary/aromatic N) is 2. The first-order chi connectivity index (χ1) is 12.1. The third kappa shape index (κ3) is 2.86. The predicted octanol–water partition coefficient (Wildman–Crippen LogP) is 5.30. The number of nitrogens with two attached hydrogens (primary N) is 1. The van der Waals surface area contributed by atoms with Crippen molar-refractivity contribution in [2.24, 2.45) is 0 Å². The smallest absolute Gasteiger partial charge is 0.207 e. The number of aryl methyl sites for hydroxylation is 1. The summed E-state index contributed by atoms with van der Waals surface area (Å²) >= 11 is 7.19. The number of aromatic nitrogens is 2. The molecule has 4 rings (SSSR count). The highest BCUT2D eigenvalue weighted by Gasteiger charge is 2.16. The number of hydrogen-bond acceptors (Lipinski definition) is 4. The van der Waals surface area contributed by atoms with Crippen molar-refractivity contribution in [2.75, 3.05) is 5.73 Å². The molecule has 5 heteroatoms. The predicted molar refractivity (Wildman–Crippen MR) is 108 cm³/mol. The van der Waals surface area contributed by atoms with Gasteiger partial charge in [-0.3, -0.25) is 4.57 Å². The molecule has 2 aromatic heterocycles. The lowest BCUT2D eigenvalue weighted by Gasteiger charge is -2.11. The lowest BCUT2D eigenvalue weighted by molar-refractivity contribution is 0.997. The molecule has 0 atom stereocenters. The van der Waals surface area contributed by atoms with Crippen molar-refractivity contribution in [1.29, 1.82) is 0 Å². The molecule has 0 radical (unpaired) electrons. The van der Waals surface area contributed by atoms with Gasteiger partial charge in [-0.15, -0.1) is 11.3 Å². The monoisotopic (exact) mass is 363 g/mol. The maximum Gasteiger partial charge on any atom is 0.207 e. The Morgan fingerprint density at radius 3 is 2.36 bits per heavy atom. The Labute approximate surface area is 155 Å². The maximum absolute atomic E-state index is 6.52. The molecule has 0 fully saturated rings. The minimum Gasteiger partial charge on any atom is -0.384 e. The van der Waals surface area contributed by atoms with Crippen LogP contribution in [-0.4, -0.2) is 9.55 Å². The molecule has 0 saturated carbocycles. The van der Waals surface area contributed by atoms with Gasteiger partial charge in [-0.2, -0.15) is 0 Å². The summed E-state index contributed by atoms with van der Waals surface area (Å²) in [6, 6.07) is 20.4. The highest BCUT2D eigenvalue weighted by atomic mass is 32.1. The third-order valence-electron chi connectivity index (χ3n) is 4.33. The van der Waals surface area contributed by atoms with Crippen LogP contribution in [0.15, 0.2) is 60.7 Å². The van der Waals surface area contributed by atoms with Crippen LogP contribution in [0.1, 0.15) is 16.0 Å². The summed E-state index contributed by atoms with van der Waals surface area (Å²) in [5.41, 5.74) is 9.93. The average Bonchev–Trinajstić information content (AvgIpc) is 2.92. The number of rotatable bonds is 3. The molecule has 0 saturated heterocycles. The second-order valence-electron chi connectivity index (χ2n) is 5.94. The van der Waals surface area contributed by atoms with Crippen molar-refractivity contribution < 1.29 is 0 Å². The second-order valence-corrected chi connectivity index (χ2v) is 7.39. The lowest BCUT2D eigenvalue weighted by Crippen LogP contribution is -2.07. The molecule has 3 nitrogen and oxygen atoms in total. The van der Waals surface area contributed by atoms with Crippen LogP contribution in [0.5, 0.6) is 0 Å². The number of fused-ring (bicyclic) bond motifs is 1. The van der Waals surface area contributed by atoms with Gasteiger partial charge in [0.1, 0.15) is 10.6 Å². The Bertz CT molecular complexity index is 1100. The summed E-state index contributed by atoms with van der Waals surface area (Å²) in [6.07, 6.45) is 0.880. The van der Waals surface area contributed by atoms with E-state index in [1.54, 1.807) is 11.3 Å². The first-order valence-electron chi connectivity index (χ1n) is 8.05. The Morgan fingerprint density at radius 2 is 1.68 bits per heavy atom. The molecule has 0 aliphatic rings. The second kappa shape index (κ2) is 6.43. The van der Waals surface area contributed by atoms with Crippen molar-refractivity contribution in [3.05, 3.63) is 81.4 Å². The van der Waals surface area contributed by atoms with Crippen molar-refractivity contribution in [1.82, 2.24) is 9.55 Å². The van der Waals surface area contributed by atoms with Crippen molar-refractivity contribution in [2.45, 2.75) is 13.3 Å². The molecule has 124 valence electrons. The zero-order valence-corrected chi connectivity index (χ0v) is 15.4. The molecule has 0 spiro atoms. The van der Waals surface area contributed by atoms with Crippen LogP contribution in [-0.2, 0) is 6.42 Å². The fourth-order valence-electron chi connectivity index (χ4n) is 3.05. The van der Waals surface area contributed by atoms with Crippen LogP contribution in [0.2, 0.25) is 0 Å². The zero-order chi connectivity index (χ0) is 17.4. The van der Waals surface area contributed by atoms with Gasteiger partial charge in [0.2, 0.25) is 4.77 Å². The van der Waals surface area contributed by atoms with Crippen LogP contribution in [0.25, 0.3) is 15.9 Å². The van der Waals surface area contributed by atoms with Gasteiger partial charge in [0.15, 0.2) is 0 Å². The van der Waals surface area contributed by atoms with E-state index < -0.39 is 0 Å². The van der Waals surface area contributed by atoms with E-state index in [-0.39, 0.29) is 0 Å². The SMILES string of the molecule is Cc1c(Cc2ccccc2)sc2nc(=S)n(-c3ccccc3)c(N)c12. The number of nitrogen functional groups attached to an aromatic ring is 1. The summed E-state index contributed by atoms with van der Waals surface area (Å²) in [6.45, 7) is 2.12. The molecule has 2 heterocycles. The summed E-state index contributed by atoms with van der Waals surface area (Å²) in [5.74, 6) is 0.661. The quantitative estimate of drug-likeness (QED) is 0.502. The summed E-state index contributed by atoms with van der Waals surface area (Å²) in [5, 5.41) is 1.01. The van der Waals surface area contributed by atoms with Crippen LogP contribution < -0.4 is 5.73 Å². The van der Waals surface area contributed by atoms with Gasteiger partial charge >= 0.3 is 0 Å². The van der Waals surface area contributed by atoms with Crippen LogP contribution in [0.3, 0.4) is 0 Å². The van der Waals surface area contributed by atoms with Gasteiger partial charge in [-0.05, 0) is 42.4 Å². The topological polar surface area (TPSA) is 43.8 Å². The largest absolute Gasteiger partial charge is 0.384 e. The first kappa shape index (κ1) is 16.0. The summed E-state index contributed by atoms with van der Waals surface area (Å²) < 4.78 is 2.34. The molecule has 0 unspecified atom stereocenters. The first-order valence-corrected chi connectivity index (χ1v) is 9.27. The van der Waals surface area contributed by atoms with E-state index in [9.17, 15) is 0 Å². The van der Waals surface area contributed by atoms with E-state index >= 15 is 0 Å². The Balaban J connectivity index is 1.90. The normalized spacial score (nSPS) is 11.1. The lowest BCUT2D eigenvalue weighted by atomic mass is 10.1. The summed E-state index contributed by atoms with van der Waals surface area (Å²) in [7, 11) is 0. The zero-order valence-electron chi connectivity index (χ0n) is 13.8. The minimum atomic E-state index is 0.490. The van der Waals surface area contributed by atoms with Crippen molar-refractivity contribution in [3.63, 3.8) is 0 Å².